The zero-order valence-electron chi connectivity index (χ0n) is 18.8. The van der Waals surface area contributed by atoms with Gasteiger partial charge in [0, 0.05) is 31.8 Å². The topological polar surface area (TPSA) is 110 Å². The molecule has 178 valence electrons. The molecule has 0 aliphatic rings. The van der Waals surface area contributed by atoms with Crippen LogP contribution in [0, 0.1) is 0 Å². The van der Waals surface area contributed by atoms with E-state index in [1.54, 1.807) is 12.1 Å². The van der Waals surface area contributed by atoms with Crippen molar-refractivity contribution < 1.29 is 27.5 Å². The van der Waals surface area contributed by atoms with Crippen LogP contribution in [0.25, 0.3) is 0 Å². The molecule has 8 nitrogen and oxygen atoms in total. The lowest BCUT2D eigenvalue weighted by atomic mass is 10.1. The van der Waals surface area contributed by atoms with Crippen LogP contribution in [0.2, 0.25) is 5.02 Å². The van der Waals surface area contributed by atoms with E-state index in [1.165, 1.54) is 38.4 Å². The van der Waals surface area contributed by atoms with Crippen molar-refractivity contribution in [3.05, 3.63) is 58.6 Å². The van der Waals surface area contributed by atoms with Gasteiger partial charge in [0.25, 0.3) is 0 Å². The van der Waals surface area contributed by atoms with E-state index in [0.717, 1.165) is 29.6 Å². The first-order valence-corrected chi connectivity index (χ1v) is 12.2. The zero-order chi connectivity index (χ0) is 24.6. The van der Waals surface area contributed by atoms with Gasteiger partial charge in [-0.15, -0.1) is 0 Å². The molecule has 0 aliphatic carbocycles. The van der Waals surface area contributed by atoms with Gasteiger partial charge in [-0.3, -0.25) is 9.59 Å². The molecule has 2 aromatic carbocycles. The molecule has 0 spiro atoms. The highest BCUT2D eigenvalue weighted by Crippen LogP contribution is 2.25. The summed E-state index contributed by atoms with van der Waals surface area (Å²) >= 11 is 5.97. The third-order valence-electron chi connectivity index (χ3n) is 4.76. The summed E-state index contributed by atoms with van der Waals surface area (Å²) in [5.74, 6) is -1.39. The predicted octanol–water partition coefficient (Wildman–Crippen LogP) is 4.15. The smallest absolute Gasteiger partial charge is 0.338 e. The lowest BCUT2D eigenvalue weighted by Crippen LogP contribution is -2.23. The minimum atomic E-state index is -3.86. The van der Waals surface area contributed by atoms with E-state index in [0.29, 0.717) is 17.7 Å². The van der Waals surface area contributed by atoms with Crippen molar-refractivity contribution in [1.82, 2.24) is 4.31 Å². The molecule has 10 heteroatoms. The number of carbonyl (C=O) groups excluding carboxylic acids is 3. The molecule has 0 radical (unpaired) electrons. The van der Waals surface area contributed by atoms with Crippen LogP contribution < -0.4 is 5.32 Å². The Morgan fingerprint density at radius 2 is 1.64 bits per heavy atom. The maximum absolute atomic E-state index is 12.4. The van der Waals surface area contributed by atoms with Gasteiger partial charge in [0.05, 0.1) is 10.6 Å². The van der Waals surface area contributed by atoms with Gasteiger partial charge in [-0.05, 0) is 48.9 Å². The van der Waals surface area contributed by atoms with E-state index in [4.69, 9.17) is 16.3 Å². The molecule has 0 aliphatic heterocycles. The summed E-state index contributed by atoms with van der Waals surface area (Å²) in [6.07, 6.45) is 3.28. The molecule has 0 unspecified atom stereocenters. The number of carbonyl (C=O) groups is 3. The molecule has 0 atom stereocenters. The van der Waals surface area contributed by atoms with Gasteiger partial charge in [-0.2, -0.15) is 0 Å². The Morgan fingerprint density at radius 1 is 1.00 bits per heavy atom. The normalized spacial score (nSPS) is 11.3. The van der Waals surface area contributed by atoms with Gasteiger partial charge < -0.3 is 10.1 Å². The van der Waals surface area contributed by atoms with Gasteiger partial charge in [-0.25, -0.2) is 17.5 Å². The second-order valence-corrected chi connectivity index (χ2v) is 10.0. The van der Waals surface area contributed by atoms with Gasteiger partial charge in [0.2, 0.25) is 15.9 Å². The lowest BCUT2D eigenvalue weighted by Gasteiger charge is -2.13. The largest absolute Gasteiger partial charge is 0.454 e. The highest BCUT2D eigenvalue weighted by Gasteiger charge is 2.23. The molecule has 0 bridgehead atoms. The van der Waals surface area contributed by atoms with Crippen molar-refractivity contribution in [2.75, 3.05) is 26.0 Å². The second kappa shape index (κ2) is 11.9. The summed E-state index contributed by atoms with van der Waals surface area (Å²) in [4.78, 5) is 36.4. The average molecular weight is 495 g/mol. The Morgan fingerprint density at radius 3 is 2.24 bits per heavy atom. The van der Waals surface area contributed by atoms with Gasteiger partial charge >= 0.3 is 5.97 Å². The minimum absolute atomic E-state index is 0.0335. The molecule has 0 fully saturated rings. The monoisotopic (exact) mass is 494 g/mol. The second-order valence-electron chi connectivity index (χ2n) is 7.51. The number of benzene rings is 2. The maximum Gasteiger partial charge on any atom is 0.338 e. The van der Waals surface area contributed by atoms with Gasteiger partial charge in [0.1, 0.15) is 4.90 Å². The molecular formula is C23H27ClN2O6S. The Bertz CT molecular complexity index is 1110. The average Bonchev–Trinajstić information content (AvgIpc) is 2.78. The first-order valence-electron chi connectivity index (χ1n) is 10.4. The van der Waals surface area contributed by atoms with E-state index >= 15 is 0 Å². The van der Waals surface area contributed by atoms with E-state index in [2.05, 4.69) is 12.2 Å². The SMILES string of the molecule is CCCCCC(=O)Nc1ccc(C(=O)COC(=O)c2ccc(Cl)c(S(=O)(=O)N(C)C)c2)cc1. The van der Waals surface area contributed by atoms with Gasteiger partial charge in [-0.1, -0.05) is 31.4 Å². The minimum Gasteiger partial charge on any atom is -0.454 e. The summed E-state index contributed by atoms with van der Waals surface area (Å²) in [6, 6.07) is 9.98. The van der Waals surface area contributed by atoms with Crippen molar-refractivity contribution in [2.24, 2.45) is 0 Å². The molecule has 0 heterocycles. The number of esters is 1. The van der Waals surface area contributed by atoms with E-state index in [-0.39, 0.29) is 21.4 Å². The summed E-state index contributed by atoms with van der Waals surface area (Å²) in [6.45, 7) is 1.53. The number of nitrogens with one attached hydrogen (secondary N) is 1. The number of amides is 1. The van der Waals surface area contributed by atoms with Crippen LogP contribution >= 0.6 is 11.6 Å². The van der Waals surface area contributed by atoms with Crippen molar-refractivity contribution in [3.63, 3.8) is 0 Å². The van der Waals surface area contributed by atoms with Crippen LogP contribution in [0.3, 0.4) is 0 Å². The summed E-state index contributed by atoms with van der Waals surface area (Å²) in [5.41, 5.74) is 0.827. The molecular weight excluding hydrogens is 468 g/mol. The summed E-state index contributed by atoms with van der Waals surface area (Å²) < 4.78 is 30.7. The molecule has 0 saturated heterocycles. The lowest BCUT2D eigenvalue weighted by molar-refractivity contribution is -0.116. The van der Waals surface area contributed by atoms with Crippen LogP contribution in [0.5, 0.6) is 0 Å². The van der Waals surface area contributed by atoms with Crippen LogP contribution in [-0.4, -0.2) is 51.1 Å². The number of ketones is 1. The number of nitrogens with zero attached hydrogens (tertiary/aromatic N) is 1. The molecule has 1 amide bonds. The fourth-order valence-electron chi connectivity index (χ4n) is 2.82. The van der Waals surface area contributed by atoms with Crippen LogP contribution in [-0.2, 0) is 19.6 Å². The summed E-state index contributed by atoms with van der Waals surface area (Å²) in [7, 11) is -1.17. The van der Waals surface area contributed by atoms with Crippen molar-refractivity contribution in [3.8, 4) is 0 Å². The number of unbranched alkanes of at least 4 members (excludes halogenated alkanes) is 2. The molecule has 2 rings (SSSR count). The third-order valence-corrected chi connectivity index (χ3v) is 7.05. The number of ether oxygens (including phenoxy) is 1. The number of hydrogen-bond donors (Lipinski definition) is 1. The van der Waals surface area contributed by atoms with Crippen molar-refractivity contribution in [2.45, 2.75) is 37.5 Å². The maximum atomic E-state index is 12.4. The first-order chi connectivity index (χ1) is 15.6. The van der Waals surface area contributed by atoms with Crippen LogP contribution in [0.15, 0.2) is 47.4 Å². The highest BCUT2D eigenvalue weighted by molar-refractivity contribution is 7.89. The predicted molar refractivity (Wildman–Crippen MR) is 126 cm³/mol. The molecule has 0 aromatic heterocycles. The van der Waals surface area contributed by atoms with Crippen molar-refractivity contribution in [1.29, 1.82) is 0 Å². The first kappa shape index (κ1) is 26.5. The zero-order valence-corrected chi connectivity index (χ0v) is 20.3. The quantitative estimate of drug-likeness (QED) is 0.285. The standard InChI is InChI=1S/C23H27ClN2O6S/c1-4-5-6-7-22(28)25-18-11-8-16(9-12-18)20(27)15-32-23(29)17-10-13-19(24)21(14-17)33(30,31)26(2)3/h8-14H,4-7,15H2,1-3H3,(H,25,28). The van der Waals surface area contributed by atoms with Crippen LogP contribution in [0.4, 0.5) is 5.69 Å². The number of sulfonamides is 1. The Hall–Kier alpha value is -2.75. The van der Waals surface area contributed by atoms with E-state index in [1.807, 2.05) is 0 Å². The van der Waals surface area contributed by atoms with Crippen LogP contribution in [0.1, 0.15) is 53.3 Å². The number of hydrogen-bond acceptors (Lipinski definition) is 6. The number of Topliss-reactive ketones (excluding diaryl/α,β-unsaturated/α-hetero) is 1. The van der Waals surface area contributed by atoms with Crippen molar-refractivity contribution >= 4 is 45.0 Å². The Balaban J connectivity index is 1.98. The molecule has 33 heavy (non-hydrogen) atoms. The summed E-state index contributed by atoms with van der Waals surface area (Å²) in [5, 5.41) is 2.74. The Kier molecular flexibility index (Phi) is 9.57. The molecule has 2 aromatic rings. The van der Waals surface area contributed by atoms with Gasteiger partial charge in [0.15, 0.2) is 12.4 Å². The van der Waals surface area contributed by atoms with E-state index < -0.39 is 28.4 Å². The number of rotatable bonds is 11. The molecule has 1 N–H and O–H groups in total. The molecule has 0 saturated carbocycles. The fourth-order valence-corrected chi connectivity index (χ4v) is 4.21. The fraction of sp³-hybridized carbons (Fsp3) is 0.348. The third kappa shape index (κ3) is 7.38. The Labute approximate surface area is 198 Å². The number of anilines is 1. The highest BCUT2D eigenvalue weighted by atomic mass is 35.5. The number of halogens is 1. The van der Waals surface area contributed by atoms with E-state index in [9.17, 15) is 22.8 Å².